The molecule has 0 unspecified atom stereocenters. The fourth-order valence-corrected chi connectivity index (χ4v) is 0.749. The van der Waals surface area contributed by atoms with Crippen molar-refractivity contribution in [1.29, 1.82) is 0 Å². The van der Waals surface area contributed by atoms with Crippen LogP contribution in [0.4, 0.5) is 5.82 Å². The summed E-state index contributed by atoms with van der Waals surface area (Å²) in [5.74, 6) is 5.36. The lowest BCUT2D eigenvalue weighted by atomic mass is 9.97. The van der Waals surface area contributed by atoms with E-state index in [1.54, 1.807) is 6.07 Å². The van der Waals surface area contributed by atoms with E-state index in [1.165, 1.54) is 6.20 Å². The van der Waals surface area contributed by atoms with Crippen LogP contribution >= 0.6 is 0 Å². The molecule has 1 heterocycles. The van der Waals surface area contributed by atoms with E-state index in [-0.39, 0.29) is 0 Å². The molecule has 0 saturated heterocycles. The molecule has 0 spiro atoms. The zero-order chi connectivity index (χ0) is 8.27. The molecular formula is C6H7BN4. The van der Waals surface area contributed by atoms with Crippen LogP contribution in [-0.2, 0) is 0 Å². The molecule has 0 aliphatic heterocycles. The van der Waals surface area contributed by atoms with E-state index in [4.69, 9.17) is 13.7 Å². The molecule has 54 valence electrons. The van der Waals surface area contributed by atoms with E-state index in [0.29, 0.717) is 11.3 Å². The summed E-state index contributed by atoms with van der Waals surface area (Å²) in [5, 5.41) is 6.70. The van der Waals surface area contributed by atoms with Gasteiger partial charge in [0.1, 0.15) is 7.85 Å². The SMILES string of the molecule is [B]c1cnc(N=NN)c(C)c1. The highest BCUT2D eigenvalue weighted by molar-refractivity contribution is 6.32. The van der Waals surface area contributed by atoms with Gasteiger partial charge in [-0.25, -0.2) is 4.98 Å². The van der Waals surface area contributed by atoms with Crippen molar-refractivity contribution in [2.24, 2.45) is 16.2 Å². The Morgan fingerprint density at radius 1 is 1.64 bits per heavy atom. The lowest BCUT2D eigenvalue weighted by Gasteiger charge is -1.97. The number of hydrogen-bond acceptors (Lipinski definition) is 3. The van der Waals surface area contributed by atoms with Crippen LogP contribution in [0.1, 0.15) is 5.56 Å². The van der Waals surface area contributed by atoms with Crippen molar-refractivity contribution in [2.75, 3.05) is 0 Å². The first kappa shape index (κ1) is 7.72. The zero-order valence-corrected chi connectivity index (χ0v) is 6.15. The fourth-order valence-electron chi connectivity index (χ4n) is 0.749. The third kappa shape index (κ3) is 1.76. The summed E-state index contributed by atoms with van der Waals surface area (Å²) in [6.45, 7) is 1.84. The molecule has 5 heteroatoms. The molecule has 4 nitrogen and oxygen atoms in total. The van der Waals surface area contributed by atoms with E-state index in [9.17, 15) is 0 Å². The third-order valence-electron chi connectivity index (χ3n) is 1.22. The van der Waals surface area contributed by atoms with Crippen LogP contribution in [0, 0.1) is 6.92 Å². The summed E-state index contributed by atoms with van der Waals surface area (Å²) in [4.78, 5) is 3.90. The number of hydrogen-bond donors (Lipinski definition) is 1. The molecule has 0 saturated carbocycles. The van der Waals surface area contributed by atoms with Crippen molar-refractivity contribution < 1.29 is 0 Å². The maximum atomic E-state index is 5.46. The Morgan fingerprint density at radius 2 is 2.36 bits per heavy atom. The summed E-state index contributed by atoms with van der Waals surface area (Å²) in [6, 6.07) is 1.76. The van der Waals surface area contributed by atoms with E-state index in [1.807, 2.05) is 6.92 Å². The number of rotatable bonds is 1. The van der Waals surface area contributed by atoms with Crippen LogP contribution in [0.5, 0.6) is 0 Å². The largest absolute Gasteiger partial charge is 0.305 e. The smallest absolute Gasteiger partial charge is 0.178 e. The second kappa shape index (κ2) is 3.14. The van der Waals surface area contributed by atoms with Gasteiger partial charge < -0.3 is 5.84 Å². The number of nitrogens with two attached hydrogens (primary N) is 1. The Labute approximate surface area is 65.9 Å². The molecular weight excluding hydrogens is 139 g/mol. The maximum Gasteiger partial charge on any atom is 0.178 e. The number of aromatic nitrogens is 1. The highest BCUT2D eigenvalue weighted by Crippen LogP contribution is 2.11. The van der Waals surface area contributed by atoms with Gasteiger partial charge in [0.15, 0.2) is 5.82 Å². The zero-order valence-electron chi connectivity index (χ0n) is 6.15. The second-order valence-corrected chi connectivity index (χ2v) is 2.12. The summed E-state index contributed by atoms with van der Waals surface area (Å²) in [5.41, 5.74) is 1.47. The first-order valence-electron chi connectivity index (χ1n) is 3.07. The average Bonchev–Trinajstić information content (AvgIpc) is 1.95. The quantitative estimate of drug-likeness (QED) is 0.265. The Balaban J connectivity index is 3.09. The van der Waals surface area contributed by atoms with Gasteiger partial charge in [-0.3, -0.25) is 0 Å². The summed E-state index contributed by atoms with van der Waals surface area (Å²) < 4.78 is 0. The molecule has 0 aromatic carbocycles. The van der Waals surface area contributed by atoms with Gasteiger partial charge >= 0.3 is 0 Å². The van der Waals surface area contributed by atoms with Gasteiger partial charge in [-0.2, -0.15) is 0 Å². The Kier molecular flexibility index (Phi) is 2.20. The Morgan fingerprint density at radius 3 is 2.91 bits per heavy atom. The Hall–Kier alpha value is -1.39. The van der Waals surface area contributed by atoms with Crippen LogP contribution in [0.15, 0.2) is 22.6 Å². The molecule has 2 N–H and O–H groups in total. The molecule has 2 radical (unpaired) electrons. The van der Waals surface area contributed by atoms with E-state index >= 15 is 0 Å². The van der Waals surface area contributed by atoms with Crippen LogP contribution in [0.25, 0.3) is 0 Å². The van der Waals surface area contributed by atoms with Crippen LogP contribution in [-0.4, -0.2) is 12.8 Å². The fraction of sp³-hybridized carbons (Fsp3) is 0.167. The monoisotopic (exact) mass is 146 g/mol. The lowest BCUT2D eigenvalue weighted by Crippen LogP contribution is -2.03. The van der Waals surface area contributed by atoms with Gasteiger partial charge in [0, 0.05) is 6.20 Å². The van der Waals surface area contributed by atoms with Gasteiger partial charge in [-0.05, 0) is 12.5 Å². The standard InChI is InChI=1S/C6H7BN4/c1-4-2-5(7)3-9-6(4)10-11-8/h2-3H,1H3,(H2,8,9,10). The molecule has 0 bridgehead atoms. The van der Waals surface area contributed by atoms with Gasteiger partial charge in [0.05, 0.1) is 0 Å². The topological polar surface area (TPSA) is 63.6 Å². The minimum atomic E-state index is 0.502. The first-order chi connectivity index (χ1) is 5.24. The summed E-state index contributed by atoms with van der Waals surface area (Å²) in [6.07, 6.45) is 1.51. The predicted molar refractivity (Wildman–Crippen MR) is 43.1 cm³/mol. The molecule has 0 aliphatic rings. The van der Waals surface area contributed by atoms with Crippen molar-refractivity contribution in [3.63, 3.8) is 0 Å². The van der Waals surface area contributed by atoms with E-state index in [2.05, 4.69) is 15.3 Å². The molecule has 0 aliphatic carbocycles. The first-order valence-corrected chi connectivity index (χ1v) is 3.07. The second-order valence-electron chi connectivity index (χ2n) is 2.12. The minimum absolute atomic E-state index is 0.502. The number of pyridine rings is 1. The van der Waals surface area contributed by atoms with Crippen molar-refractivity contribution in [2.45, 2.75) is 6.92 Å². The van der Waals surface area contributed by atoms with Crippen LogP contribution in [0.2, 0.25) is 0 Å². The highest BCUT2D eigenvalue weighted by Gasteiger charge is 1.96. The van der Waals surface area contributed by atoms with Crippen molar-refractivity contribution in [3.8, 4) is 0 Å². The molecule has 0 fully saturated rings. The maximum absolute atomic E-state index is 5.46. The van der Waals surface area contributed by atoms with Gasteiger partial charge in [-0.1, -0.05) is 16.8 Å². The van der Waals surface area contributed by atoms with E-state index < -0.39 is 0 Å². The molecule has 1 aromatic rings. The highest BCUT2D eigenvalue weighted by atomic mass is 15.3. The molecule has 1 rings (SSSR count). The number of nitrogens with zero attached hydrogens (tertiary/aromatic N) is 3. The number of aryl methyl sites for hydroxylation is 1. The third-order valence-corrected chi connectivity index (χ3v) is 1.22. The summed E-state index contributed by atoms with van der Waals surface area (Å²) >= 11 is 0. The molecule has 11 heavy (non-hydrogen) atoms. The Bertz CT molecular complexity index is 284. The molecule has 0 amide bonds. The van der Waals surface area contributed by atoms with Gasteiger partial charge in [0.2, 0.25) is 0 Å². The van der Waals surface area contributed by atoms with Crippen molar-refractivity contribution >= 4 is 19.1 Å². The van der Waals surface area contributed by atoms with Crippen molar-refractivity contribution in [3.05, 3.63) is 17.8 Å². The van der Waals surface area contributed by atoms with Gasteiger partial charge in [0.25, 0.3) is 0 Å². The van der Waals surface area contributed by atoms with Crippen LogP contribution in [0.3, 0.4) is 0 Å². The lowest BCUT2D eigenvalue weighted by molar-refractivity contribution is 1.02. The molecule has 0 atom stereocenters. The normalized spacial score (nSPS) is 10.6. The van der Waals surface area contributed by atoms with Crippen LogP contribution < -0.4 is 11.3 Å². The molecule has 1 aromatic heterocycles. The minimum Gasteiger partial charge on any atom is -0.305 e. The van der Waals surface area contributed by atoms with Gasteiger partial charge in [-0.15, -0.1) is 5.11 Å². The summed E-state index contributed by atoms with van der Waals surface area (Å²) in [7, 11) is 5.46. The van der Waals surface area contributed by atoms with E-state index in [0.717, 1.165) is 5.56 Å². The van der Waals surface area contributed by atoms with Crippen molar-refractivity contribution in [1.82, 2.24) is 4.98 Å². The predicted octanol–water partition coefficient (Wildman–Crippen LogP) is 0.141. The average molecular weight is 146 g/mol.